The van der Waals surface area contributed by atoms with Crippen molar-refractivity contribution in [2.75, 3.05) is 5.32 Å². The van der Waals surface area contributed by atoms with Crippen LogP contribution in [0.2, 0.25) is 0 Å². The zero-order chi connectivity index (χ0) is 22.8. The number of fused-ring (bicyclic) bond motifs is 1. The lowest BCUT2D eigenvalue weighted by atomic mass is 9.95. The number of hydrogen-bond acceptors (Lipinski definition) is 4. The molecule has 4 N–H and O–H groups in total. The molecule has 2 rings (SSSR count). The fourth-order valence-corrected chi connectivity index (χ4v) is 3.53. The number of amides is 3. The average molecular weight is 428 g/mol. The summed E-state index contributed by atoms with van der Waals surface area (Å²) in [5.74, 6) is -1.68. The number of hydrogen-bond donors (Lipinski definition) is 4. The van der Waals surface area contributed by atoms with Gasteiger partial charge in [-0.05, 0) is 41.7 Å². The lowest BCUT2D eigenvalue weighted by Crippen LogP contribution is -2.47. The first-order chi connectivity index (χ1) is 14.8. The molecular weight excluding hydrogens is 394 g/mol. The van der Waals surface area contributed by atoms with Gasteiger partial charge in [-0.2, -0.15) is 0 Å². The Labute approximate surface area is 183 Å². The van der Waals surface area contributed by atoms with Gasteiger partial charge in [-0.25, -0.2) is 5.48 Å². The average Bonchev–Trinajstić information content (AvgIpc) is 2.75. The molecule has 0 aromatic heterocycles. The van der Waals surface area contributed by atoms with Gasteiger partial charge in [-0.1, -0.05) is 63.9 Å². The molecular formula is C24H33N3O4. The molecule has 2 aromatic rings. The number of anilines is 1. The highest BCUT2D eigenvalue weighted by Crippen LogP contribution is 2.20. The summed E-state index contributed by atoms with van der Waals surface area (Å²) in [6.07, 6.45) is 2.51. The monoisotopic (exact) mass is 427 g/mol. The van der Waals surface area contributed by atoms with Gasteiger partial charge >= 0.3 is 0 Å². The van der Waals surface area contributed by atoms with Crippen molar-refractivity contribution >= 4 is 34.2 Å². The van der Waals surface area contributed by atoms with E-state index < -0.39 is 17.9 Å². The molecule has 2 aromatic carbocycles. The zero-order valence-corrected chi connectivity index (χ0v) is 18.5. The van der Waals surface area contributed by atoms with Gasteiger partial charge in [-0.15, -0.1) is 0 Å². The van der Waals surface area contributed by atoms with E-state index >= 15 is 0 Å². The van der Waals surface area contributed by atoms with Crippen LogP contribution in [0, 0.1) is 11.8 Å². The van der Waals surface area contributed by atoms with Gasteiger partial charge in [0.05, 0.1) is 0 Å². The van der Waals surface area contributed by atoms with Gasteiger partial charge in [-0.3, -0.25) is 19.6 Å². The Morgan fingerprint density at radius 2 is 1.71 bits per heavy atom. The van der Waals surface area contributed by atoms with Crippen LogP contribution in [-0.4, -0.2) is 29.0 Å². The van der Waals surface area contributed by atoms with E-state index in [0.29, 0.717) is 18.5 Å². The fraction of sp³-hybridized carbons (Fsp3) is 0.458. The summed E-state index contributed by atoms with van der Waals surface area (Å²) in [5.41, 5.74) is 2.25. The van der Waals surface area contributed by atoms with Crippen LogP contribution in [0.3, 0.4) is 0 Å². The van der Waals surface area contributed by atoms with E-state index in [1.165, 1.54) is 0 Å². The number of unbranched alkanes of at least 4 members (excludes halogenated alkanes) is 1. The first-order valence-corrected chi connectivity index (χ1v) is 10.9. The number of nitrogens with one attached hydrogen (secondary N) is 3. The minimum absolute atomic E-state index is 0.122. The number of hydroxylamine groups is 1. The van der Waals surface area contributed by atoms with Crippen molar-refractivity contribution < 1.29 is 19.6 Å². The molecule has 0 radical (unpaired) electrons. The minimum atomic E-state index is -0.722. The van der Waals surface area contributed by atoms with E-state index in [4.69, 9.17) is 5.21 Å². The van der Waals surface area contributed by atoms with E-state index in [0.717, 1.165) is 23.6 Å². The first kappa shape index (κ1) is 24.3. The van der Waals surface area contributed by atoms with Crippen LogP contribution >= 0.6 is 0 Å². The maximum absolute atomic E-state index is 13.0. The second-order valence-electron chi connectivity index (χ2n) is 8.32. The van der Waals surface area contributed by atoms with Crippen LogP contribution in [0.1, 0.15) is 52.9 Å². The quantitative estimate of drug-likeness (QED) is 0.321. The standard InChI is InChI=1S/C24H33N3O4/c1-4-5-8-19(15-22(28)27-31)23(29)26-21(13-16(2)3)24(30)25-20-12-11-17-9-6-7-10-18(17)14-20/h6-7,9-12,14,16,19,21,31H,4-5,8,13,15H2,1-3H3,(H,25,30)(H,26,29)(H,27,28)/t19-,21-/m0/s1. The normalized spacial score (nSPS) is 12.9. The summed E-state index contributed by atoms with van der Waals surface area (Å²) in [4.78, 5) is 37.5. The van der Waals surface area contributed by atoms with Gasteiger partial charge in [0.2, 0.25) is 17.7 Å². The zero-order valence-electron chi connectivity index (χ0n) is 18.5. The molecule has 7 heteroatoms. The molecule has 0 heterocycles. The van der Waals surface area contributed by atoms with E-state index in [9.17, 15) is 14.4 Å². The molecule has 0 aliphatic carbocycles. The molecule has 0 spiro atoms. The second kappa shape index (κ2) is 12.1. The van der Waals surface area contributed by atoms with Crippen LogP contribution in [0.15, 0.2) is 42.5 Å². The van der Waals surface area contributed by atoms with Crippen LogP contribution in [-0.2, 0) is 14.4 Å². The molecule has 168 valence electrons. The summed E-state index contributed by atoms with van der Waals surface area (Å²) in [7, 11) is 0. The molecule has 0 saturated heterocycles. The summed E-state index contributed by atoms with van der Waals surface area (Å²) in [5, 5.41) is 16.7. The third-order valence-electron chi connectivity index (χ3n) is 5.19. The number of benzene rings is 2. The highest BCUT2D eigenvalue weighted by molar-refractivity contribution is 5.99. The molecule has 0 unspecified atom stereocenters. The second-order valence-corrected chi connectivity index (χ2v) is 8.32. The third kappa shape index (κ3) is 7.68. The van der Waals surface area contributed by atoms with Gasteiger partial charge < -0.3 is 10.6 Å². The van der Waals surface area contributed by atoms with Crippen LogP contribution < -0.4 is 16.1 Å². The first-order valence-electron chi connectivity index (χ1n) is 10.9. The predicted molar refractivity (Wildman–Crippen MR) is 122 cm³/mol. The summed E-state index contributed by atoms with van der Waals surface area (Å²) >= 11 is 0. The maximum Gasteiger partial charge on any atom is 0.246 e. The Bertz CT molecular complexity index is 897. The number of carbonyl (C=O) groups excluding carboxylic acids is 3. The van der Waals surface area contributed by atoms with Crippen molar-refractivity contribution in [2.24, 2.45) is 11.8 Å². The Morgan fingerprint density at radius 1 is 1.00 bits per heavy atom. The molecule has 2 atom stereocenters. The molecule has 3 amide bonds. The molecule has 0 fully saturated rings. The van der Waals surface area contributed by atoms with Gasteiger partial charge in [0.25, 0.3) is 0 Å². The highest BCUT2D eigenvalue weighted by atomic mass is 16.5. The molecule has 0 aliphatic heterocycles. The Morgan fingerprint density at radius 3 is 2.35 bits per heavy atom. The Hall–Kier alpha value is -2.93. The number of rotatable bonds is 11. The fourth-order valence-electron chi connectivity index (χ4n) is 3.53. The molecule has 7 nitrogen and oxygen atoms in total. The topological polar surface area (TPSA) is 108 Å². The van der Waals surface area contributed by atoms with Crippen molar-refractivity contribution in [3.63, 3.8) is 0 Å². The van der Waals surface area contributed by atoms with Crippen molar-refractivity contribution in [2.45, 2.75) is 58.9 Å². The van der Waals surface area contributed by atoms with Crippen LogP contribution in [0.25, 0.3) is 10.8 Å². The SMILES string of the molecule is CCCC[C@@H](CC(=O)NO)C(=O)N[C@@H](CC(C)C)C(=O)Nc1ccc2ccccc2c1. The summed E-state index contributed by atoms with van der Waals surface area (Å²) in [6.45, 7) is 5.96. The van der Waals surface area contributed by atoms with E-state index in [-0.39, 0.29) is 24.2 Å². The Kier molecular flexibility index (Phi) is 9.46. The molecule has 0 saturated carbocycles. The largest absolute Gasteiger partial charge is 0.344 e. The smallest absolute Gasteiger partial charge is 0.246 e. The van der Waals surface area contributed by atoms with Crippen molar-refractivity contribution in [1.82, 2.24) is 10.8 Å². The molecule has 0 aliphatic rings. The van der Waals surface area contributed by atoms with Gasteiger partial charge in [0.15, 0.2) is 0 Å². The summed E-state index contributed by atoms with van der Waals surface area (Å²) < 4.78 is 0. The minimum Gasteiger partial charge on any atom is -0.344 e. The van der Waals surface area contributed by atoms with Gasteiger partial charge in [0.1, 0.15) is 6.04 Å². The van der Waals surface area contributed by atoms with Crippen LogP contribution in [0.4, 0.5) is 5.69 Å². The molecule has 31 heavy (non-hydrogen) atoms. The van der Waals surface area contributed by atoms with E-state index in [1.807, 2.05) is 63.2 Å². The maximum atomic E-state index is 13.0. The van der Waals surface area contributed by atoms with E-state index in [1.54, 1.807) is 5.48 Å². The molecule has 0 bridgehead atoms. The number of carbonyl (C=O) groups is 3. The van der Waals surface area contributed by atoms with Crippen molar-refractivity contribution in [3.8, 4) is 0 Å². The van der Waals surface area contributed by atoms with Crippen molar-refractivity contribution in [1.29, 1.82) is 0 Å². The Balaban J connectivity index is 2.13. The lowest BCUT2D eigenvalue weighted by molar-refractivity contribution is -0.136. The lowest BCUT2D eigenvalue weighted by Gasteiger charge is -2.23. The predicted octanol–water partition coefficient (Wildman–Crippen LogP) is 4.01. The highest BCUT2D eigenvalue weighted by Gasteiger charge is 2.27. The summed E-state index contributed by atoms with van der Waals surface area (Å²) in [6, 6.07) is 12.8. The van der Waals surface area contributed by atoms with E-state index in [2.05, 4.69) is 10.6 Å². The van der Waals surface area contributed by atoms with Gasteiger partial charge in [0, 0.05) is 18.0 Å². The third-order valence-corrected chi connectivity index (χ3v) is 5.19. The van der Waals surface area contributed by atoms with Crippen molar-refractivity contribution in [3.05, 3.63) is 42.5 Å². The van der Waals surface area contributed by atoms with Crippen LogP contribution in [0.5, 0.6) is 0 Å².